The van der Waals surface area contributed by atoms with Gasteiger partial charge in [-0.1, -0.05) is 27.7 Å². The number of halogens is 1. The normalized spacial score (nSPS) is 19.1. The van der Waals surface area contributed by atoms with E-state index in [1.807, 2.05) is 27.7 Å². The number of carbonyl (C=O) groups is 1. The summed E-state index contributed by atoms with van der Waals surface area (Å²) < 4.78 is 23.8. The highest BCUT2D eigenvalue weighted by Gasteiger charge is 2.36. The molecular weight excluding hydrogens is 287 g/mol. The second kappa shape index (κ2) is 7.45. The quantitative estimate of drug-likeness (QED) is 0.663. The number of ether oxygens (including phenoxy) is 2. The highest BCUT2D eigenvalue weighted by molar-refractivity contribution is 5.92. The Labute approximate surface area is 131 Å². The largest absolute Gasteiger partial charge is 0.465 e. The molecule has 1 unspecified atom stereocenters. The van der Waals surface area contributed by atoms with Gasteiger partial charge in [-0.05, 0) is 12.1 Å². The summed E-state index contributed by atoms with van der Waals surface area (Å²) in [4.78, 5) is 11.5. The van der Waals surface area contributed by atoms with E-state index < -0.39 is 11.8 Å². The number of hydrogen-bond donors (Lipinski definition) is 2. The average Bonchev–Trinajstić information content (AvgIpc) is 2.83. The van der Waals surface area contributed by atoms with Crippen molar-refractivity contribution in [1.82, 2.24) is 0 Å². The Morgan fingerprint density at radius 2 is 2.09 bits per heavy atom. The van der Waals surface area contributed by atoms with Crippen LogP contribution in [0.1, 0.15) is 38.1 Å². The number of esters is 1. The Hall–Kier alpha value is -1.82. The van der Waals surface area contributed by atoms with Gasteiger partial charge in [0.25, 0.3) is 0 Å². The van der Waals surface area contributed by atoms with Crippen LogP contribution in [0.3, 0.4) is 0 Å². The zero-order chi connectivity index (χ0) is 16.9. The van der Waals surface area contributed by atoms with Gasteiger partial charge in [-0.2, -0.15) is 0 Å². The molecule has 1 aliphatic heterocycles. The van der Waals surface area contributed by atoms with Crippen LogP contribution in [-0.4, -0.2) is 32.3 Å². The highest BCUT2D eigenvalue weighted by Crippen LogP contribution is 2.33. The molecule has 1 aromatic carbocycles. The third kappa shape index (κ3) is 3.88. The van der Waals surface area contributed by atoms with Crippen molar-refractivity contribution in [2.24, 2.45) is 5.41 Å². The molecule has 0 saturated carbocycles. The zero-order valence-electron chi connectivity index (χ0n) is 13.8. The van der Waals surface area contributed by atoms with Crippen LogP contribution in [0.5, 0.6) is 0 Å². The maximum absolute atomic E-state index is 13.8. The summed E-state index contributed by atoms with van der Waals surface area (Å²) in [6.07, 6.45) is 0. The lowest BCUT2D eigenvalue weighted by Crippen LogP contribution is -2.35. The number of nitrogen functional groups attached to an aromatic ring is 1. The van der Waals surface area contributed by atoms with Crippen molar-refractivity contribution in [3.8, 4) is 0 Å². The molecule has 1 fully saturated rings. The second-order valence-corrected chi connectivity index (χ2v) is 5.61. The second-order valence-electron chi connectivity index (χ2n) is 5.61. The fourth-order valence-electron chi connectivity index (χ4n) is 2.16. The number of nitrogens with two attached hydrogens (primary N) is 1. The van der Waals surface area contributed by atoms with E-state index in [1.54, 1.807) is 0 Å². The summed E-state index contributed by atoms with van der Waals surface area (Å²) in [7, 11) is 1.25. The molecule has 0 bridgehead atoms. The Morgan fingerprint density at radius 1 is 1.45 bits per heavy atom. The van der Waals surface area contributed by atoms with Crippen LogP contribution in [0.4, 0.5) is 15.8 Å². The van der Waals surface area contributed by atoms with Crippen LogP contribution >= 0.6 is 0 Å². The van der Waals surface area contributed by atoms with Crippen LogP contribution in [0.25, 0.3) is 0 Å². The number of nitrogens with one attached hydrogen (secondary N) is 1. The predicted octanol–water partition coefficient (Wildman–Crippen LogP) is 3.06. The molecule has 6 heteroatoms. The lowest BCUT2D eigenvalue weighted by Gasteiger charge is -2.27. The van der Waals surface area contributed by atoms with Crippen LogP contribution in [0, 0.1) is 11.2 Å². The molecule has 1 atom stereocenters. The summed E-state index contributed by atoms with van der Waals surface area (Å²) in [5.41, 5.74) is 6.13. The van der Waals surface area contributed by atoms with Crippen molar-refractivity contribution >= 4 is 17.3 Å². The molecule has 2 rings (SSSR count). The maximum atomic E-state index is 13.8. The maximum Gasteiger partial charge on any atom is 0.338 e. The van der Waals surface area contributed by atoms with E-state index in [0.717, 1.165) is 6.07 Å². The van der Waals surface area contributed by atoms with E-state index in [4.69, 9.17) is 10.5 Å². The fourth-order valence-corrected chi connectivity index (χ4v) is 2.16. The molecule has 124 valence electrons. The molecule has 0 amide bonds. The predicted molar refractivity (Wildman–Crippen MR) is 85.5 cm³/mol. The SMILES string of the molecule is CC.COC(=O)c1cc(F)c(N)c(NC2COCC2(C)C)c1. The molecule has 1 aromatic rings. The van der Waals surface area contributed by atoms with Crippen LogP contribution in [0.2, 0.25) is 0 Å². The van der Waals surface area contributed by atoms with E-state index in [1.165, 1.54) is 13.2 Å². The number of carbonyl (C=O) groups excluding carboxylic acids is 1. The number of anilines is 2. The Balaban J connectivity index is 0.00000116. The van der Waals surface area contributed by atoms with E-state index >= 15 is 0 Å². The Morgan fingerprint density at radius 3 is 2.59 bits per heavy atom. The topological polar surface area (TPSA) is 73.6 Å². The molecule has 5 nitrogen and oxygen atoms in total. The summed E-state index contributed by atoms with van der Waals surface area (Å²) in [5.74, 6) is -1.25. The highest BCUT2D eigenvalue weighted by atomic mass is 19.1. The monoisotopic (exact) mass is 312 g/mol. The van der Waals surface area contributed by atoms with Gasteiger partial charge in [0.1, 0.15) is 5.82 Å². The molecule has 1 aliphatic rings. The zero-order valence-corrected chi connectivity index (χ0v) is 13.8. The van der Waals surface area contributed by atoms with Gasteiger partial charge in [0.05, 0.1) is 43.3 Å². The van der Waals surface area contributed by atoms with Crippen molar-refractivity contribution in [2.45, 2.75) is 33.7 Å². The lowest BCUT2D eigenvalue weighted by molar-refractivity contribution is 0.0600. The third-order valence-electron chi connectivity index (χ3n) is 3.58. The molecule has 1 heterocycles. The van der Waals surface area contributed by atoms with Gasteiger partial charge in [-0.15, -0.1) is 0 Å². The minimum Gasteiger partial charge on any atom is -0.465 e. The van der Waals surface area contributed by atoms with Crippen molar-refractivity contribution < 1.29 is 18.7 Å². The van der Waals surface area contributed by atoms with E-state index in [2.05, 4.69) is 10.1 Å². The van der Waals surface area contributed by atoms with Gasteiger partial charge in [0.2, 0.25) is 0 Å². The number of methoxy groups -OCH3 is 1. The van der Waals surface area contributed by atoms with Gasteiger partial charge in [0, 0.05) is 5.41 Å². The molecular formula is C16H25FN2O3. The summed E-state index contributed by atoms with van der Waals surface area (Å²) in [6.45, 7) is 9.23. The fraction of sp³-hybridized carbons (Fsp3) is 0.562. The van der Waals surface area contributed by atoms with Crippen molar-refractivity contribution in [2.75, 3.05) is 31.4 Å². The van der Waals surface area contributed by atoms with Crippen LogP contribution < -0.4 is 11.1 Å². The third-order valence-corrected chi connectivity index (χ3v) is 3.58. The van der Waals surface area contributed by atoms with Gasteiger partial charge in [-0.25, -0.2) is 9.18 Å². The average molecular weight is 312 g/mol. The van der Waals surface area contributed by atoms with Crippen molar-refractivity contribution in [1.29, 1.82) is 0 Å². The minimum absolute atomic E-state index is 0.00269. The summed E-state index contributed by atoms with van der Waals surface area (Å²) >= 11 is 0. The first-order valence-electron chi connectivity index (χ1n) is 7.37. The van der Waals surface area contributed by atoms with E-state index in [9.17, 15) is 9.18 Å². The van der Waals surface area contributed by atoms with Gasteiger partial charge < -0.3 is 20.5 Å². The number of benzene rings is 1. The van der Waals surface area contributed by atoms with Crippen molar-refractivity contribution in [3.63, 3.8) is 0 Å². The standard InChI is InChI=1S/C14H19FN2O3.C2H6/c1-14(2)7-20-6-11(14)17-10-5-8(13(18)19-3)4-9(15)12(10)16;1-2/h4-5,11,17H,6-7,16H2,1-3H3;1-2H3. The lowest BCUT2D eigenvalue weighted by atomic mass is 9.87. The summed E-state index contributed by atoms with van der Waals surface area (Å²) in [5, 5.41) is 3.16. The van der Waals surface area contributed by atoms with Crippen molar-refractivity contribution in [3.05, 3.63) is 23.5 Å². The molecule has 0 radical (unpaired) electrons. The molecule has 3 N–H and O–H groups in total. The molecule has 0 aromatic heterocycles. The summed E-state index contributed by atoms with van der Waals surface area (Å²) in [6, 6.07) is 2.57. The molecule has 0 aliphatic carbocycles. The Kier molecular flexibility index (Phi) is 6.17. The first-order chi connectivity index (χ1) is 10.3. The first-order valence-corrected chi connectivity index (χ1v) is 7.37. The first kappa shape index (κ1) is 18.2. The van der Waals surface area contributed by atoms with Gasteiger partial charge in [-0.3, -0.25) is 0 Å². The molecule has 22 heavy (non-hydrogen) atoms. The van der Waals surface area contributed by atoms with Crippen LogP contribution in [0.15, 0.2) is 12.1 Å². The van der Waals surface area contributed by atoms with Crippen LogP contribution in [-0.2, 0) is 9.47 Å². The van der Waals surface area contributed by atoms with E-state index in [0.29, 0.717) is 18.9 Å². The minimum atomic E-state index is -0.646. The molecule has 0 spiro atoms. The van der Waals surface area contributed by atoms with Gasteiger partial charge in [0.15, 0.2) is 0 Å². The molecule has 1 saturated heterocycles. The smallest absolute Gasteiger partial charge is 0.338 e. The Bertz CT molecular complexity index is 532. The van der Waals surface area contributed by atoms with E-state index in [-0.39, 0.29) is 22.7 Å². The van der Waals surface area contributed by atoms with Gasteiger partial charge >= 0.3 is 5.97 Å². The number of hydrogen-bond acceptors (Lipinski definition) is 5. The number of rotatable bonds is 3.